The number of hydrogen-bond acceptors (Lipinski definition) is 5. The van der Waals surface area contributed by atoms with E-state index in [1.165, 1.54) is 24.7 Å². The fourth-order valence-electron chi connectivity index (χ4n) is 2.35. The quantitative estimate of drug-likeness (QED) is 0.845. The van der Waals surface area contributed by atoms with Crippen LogP contribution in [0.2, 0.25) is 0 Å². The SMILES string of the molecule is CCCCc1ccc([C@@H]2CC(Oc3cncnc3)=NO2)cc1. The van der Waals surface area contributed by atoms with Gasteiger partial charge in [0.05, 0.1) is 18.8 Å². The van der Waals surface area contributed by atoms with E-state index in [0.29, 0.717) is 18.1 Å². The molecule has 0 radical (unpaired) electrons. The summed E-state index contributed by atoms with van der Waals surface area (Å²) in [5, 5.41) is 4.00. The summed E-state index contributed by atoms with van der Waals surface area (Å²) in [5.74, 6) is 1.12. The molecule has 0 N–H and O–H groups in total. The van der Waals surface area contributed by atoms with Gasteiger partial charge in [0.1, 0.15) is 6.33 Å². The number of aryl methyl sites for hydroxylation is 1. The Morgan fingerprint density at radius 3 is 2.68 bits per heavy atom. The maximum atomic E-state index is 5.60. The highest BCUT2D eigenvalue weighted by molar-refractivity contribution is 5.79. The Morgan fingerprint density at radius 2 is 1.95 bits per heavy atom. The number of benzene rings is 1. The lowest BCUT2D eigenvalue weighted by molar-refractivity contribution is 0.0855. The number of nitrogens with zero attached hydrogens (tertiary/aromatic N) is 3. The molecule has 22 heavy (non-hydrogen) atoms. The Kier molecular flexibility index (Phi) is 4.63. The largest absolute Gasteiger partial charge is 0.436 e. The number of hydrogen-bond donors (Lipinski definition) is 0. The lowest BCUT2D eigenvalue weighted by Gasteiger charge is -2.09. The van der Waals surface area contributed by atoms with Gasteiger partial charge >= 0.3 is 0 Å². The number of rotatable bonds is 5. The van der Waals surface area contributed by atoms with E-state index in [2.05, 4.69) is 46.3 Å². The van der Waals surface area contributed by atoms with Crippen molar-refractivity contribution in [2.75, 3.05) is 0 Å². The topological polar surface area (TPSA) is 56.6 Å². The smallest absolute Gasteiger partial charge is 0.235 e. The van der Waals surface area contributed by atoms with Gasteiger partial charge in [-0.1, -0.05) is 42.8 Å². The second-order valence-electron chi connectivity index (χ2n) is 5.30. The van der Waals surface area contributed by atoms with Crippen molar-refractivity contribution in [2.24, 2.45) is 5.16 Å². The van der Waals surface area contributed by atoms with Crippen LogP contribution in [0.5, 0.6) is 5.75 Å². The van der Waals surface area contributed by atoms with Crippen molar-refractivity contribution in [1.29, 1.82) is 0 Å². The summed E-state index contributed by atoms with van der Waals surface area (Å²) in [6.07, 6.45) is 8.76. The molecule has 1 atom stereocenters. The second-order valence-corrected chi connectivity index (χ2v) is 5.30. The Balaban J connectivity index is 1.57. The molecule has 5 nitrogen and oxygen atoms in total. The second kappa shape index (κ2) is 7.02. The molecule has 1 aliphatic heterocycles. The molecule has 0 unspecified atom stereocenters. The van der Waals surface area contributed by atoms with Crippen LogP contribution in [0.4, 0.5) is 0 Å². The summed E-state index contributed by atoms with van der Waals surface area (Å²) >= 11 is 0. The molecule has 0 saturated carbocycles. The van der Waals surface area contributed by atoms with Gasteiger partial charge in [-0.2, -0.15) is 0 Å². The van der Waals surface area contributed by atoms with Gasteiger partial charge in [-0.15, -0.1) is 0 Å². The Bertz CT molecular complexity index is 626. The van der Waals surface area contributed by atoms with E-state index < -0.39 is 0 Å². The molecular formula is C17H19N3O2. The van der Waals surface area contributed by atoms with Crippen LogP contribution in [0.1, 0.15) is 43.4 Å². The third-order valence-corrected chi connectivity index (χ3v) is 3.58. The van der Waals surface area contributed by atoms with E-state index in [-0.39, 0.29) is 6.10 Å². The number of unbranched alkanes of at least 4 members (excludes halogenated alkanes) is 1. The first kappa shape index (κ1) is 14.5. The molecule has 1 aliphatic rings. The zero-order valence-corrected chi connectivity index (χ0v) is 12.6. The van der Waals surface area contributed by atoms with Gasteiger partial charge in [-0.25, -0.2) is 9.97 Å². The minimum Gasteiger partial charge on any atom is -0.436 e. The molecule has 1 aromatic heterocycles. The van der Waals surface area contributed by atoms with Crippen LogP contribution in [0.15, 0.2) is 48.1 Å². The summed E-state index contributed by atoms with van der Waals surface area (Å²) < 4.78 is 5.60. The normalized spacial score (nSPS) is 17.0. The molecule has 0 spiro atoms. The zero-order chi connectivity index (χ0) is 15.2. The summed E-state index contributed by atoms with van der Waals surface area (Å²) in [5.41, 5.74) is 2.48. The minimum atomic E-state index is -0.0835. The molecular weight excluding hydrogens is 278 g/mol. The fourth-order valence-corrected chi connectivity index (χ4v) is 2.35. The third-order valence-electron chi connectivity index (χ3n) is 3.58. The van der Waals surface area contributed by atoms with Crippen LogP contribution < -0.4 is 4.74 Å². The van der Waals surface area contributed by atoms with Crippen molar-refractivity contribution in [2.45, 2.75) is 38.7 Å². The van der Waals surface area contributed by atoms with E-state index in [1.54, 1.807) is 12.4 Å². The summed E-state index contributed by atoms with van der Waals surface area (Å²) in [7, 11) is 0. The van der Waals surface area contributed by atoms with E-state index >= 15 is 0 Å². The number of ether oxygens (including phenoxy) is 1. The van der Waals surface area contributed by atoms with Crippen LogP contribution in [-0.2, 0) is 11.3 Å². The van der Waals surface area contributed by atoms with Gasteiger partial charge in [-0.3, -0.25) is 0 Å². The number of aromatic nitrogens is 2. The van der Waals surface area contributed by atoms with Crippen molar-refractivity contribution in [3.63, 3.8) is 0 Å². The lowest BCUT2D eigenvalue weighted by Crippen LogP contribution is -2.07. The minimum absolute atomic E-state index is 0.0835. The standard InChI is InChI=1S/C17H19N3O2/c1-2-3-4-13-5-7-14(8-6-13)16-9-17(20-22-16)21-15-10-18-12-19-11-15/h5-8,10-12,16H,2-4,9H2,1H3/t16-/m0/s1. The van der Waals surface area contributed by atoms with Crippen LogP contribution in [0, 0.1) is 0 Å². The molecule has 0 amide bonds. The van der Waals surface area contributed by atoms with Crippen molar-refractivity contribution >= 4 is 5.90 Å². The summed E-state index contributed by atoms with van der Waals surface area (Å²) in [6, 6.07) is 8.55. The molecule has 2 heterocycles. The monoisotopic (exact) mass is 297 g/mol. The number of oxime groups is 1. The van der Waals surface area contributed by atoms with Crippen LogP contribution in [-0.4, -0.2) is 15.9 Å². The Labute approximate surface area is 130 Å². The molecule has 1 aromatic carbocycles. The Hall–Kier alpha value is -2.43. The molecule has 0 bridgehead atoms. The highest BCUT2D eigenvalue weighted by atomic mass is 16.7. The van der Waals surface area contributed by atoms with Gasteiger partial charge in [0.2, 0.25) is 5.90 Å². The predicted octanol–water partition coefficient (Wildman–Crippen LogP) is 3.67. The van der Waals surface area contributed by atoms with Crippen LogP contribution in [0.25, 0.3) is 0 Å². The van der Waals surface area contributed by atoms with Gasteiger partial charge in [-0.05, 0) is 24.0 Å². The highest BCUT2D eigenvalue weighted by Crippen LogP contribution is 2.28. The van der Waals surface area contributed by atoms with E-state index in [9.17, 15) is 0 Å². The van der Waals surface area contributed by atoms with E-state index in [0.717, 1.165) is 12.0 Å². The maximum absolute atomic E-state index is 5.60. The third kappa shape index (κ3) is 3.61. The summed E-state index contributed by atoms with van der Waals surface area (Å²) in [6.45, 7) is 2.21. The van der Waals surface area contributed by atoms with Crippen molar-refractivity contribution < 1.29 is 9.57 Å². The molecule has 5 heteroatoms. The van der Waals surface area contributed by atoms with Crippen molar-refractivity contribution in [3.05, 3.63) is 54.1 Å². The predicted molar refractivity (Wildman–Crippen MR) is 83.6 cm³/mol. The van der Waals surface area contributed by atoms with Gasteiger partial charge in [0, 0.05) is 0 Å². The first-order valence-corrected chi connectivity index (χ1v) is 7.59. The van der Waals surface area contributed by atoms with Crippen LogP contribution in [0.3, 0.4) is 0 Å². The van der Waals surface area contributed by atoms with Crippen molar-refractivity contribution in [1.82, 2.24) is 9.97 Å². The molecule has 2 aromatic rings. The van der Waals surface area contributed by atoms with Gasteiger partial charge in [0.25, 0.3) is 0 Å². The van der Waals surface area contributed by atoms with Crippen molar-refractivity contribution in [3.8, 4) is 5.75 Å². The Morgan fingerprint density at radius 1 is 1.18 bits per heavy atom. The molecule has 3 rings (SSSR count). The lowest BCUT2D eigenvalue weighted by atomic mass is 10.0. The van der Waals surface area contributed by atoms with Gasteiger partial charge in [0.15, 0.2) is 11.9 Å². The fraction of sp³-hybridized carbons (Fsp3) is 0.353. The highest BCUT2D eigenvalue weighted by Gasteiger charge is 2.24. The average molecular weight is 297 g/mol. The van der Waals surface area contributed by atoms with E-state index in [1.807, 2.05) is 0 Å². The molecule has 114 valence electrons. The molecule has 0 fully saturated rings. The molecule has 0 saturated heterocycles. The average Bonchev–Trinajstić information content (AvgIpc) is 3.03. The van der Waals surface area contributed by atoms with E-state index in [4.69, 9.17) is 9.57 Å². The first-order chi connectivity index (χ1) is 10.8. The van der Waals surface area contributed by atoms with Crippen LogP contribution >= 0.6 is 0 Å². The molecule has 0 aliphatic carbocycles. The summed E-state index contributed by atoms with van der Waals surface area (Å²) in [4.78, 5) is 13.3. The van der Waals surface area contributed by atoms with Gasteiger partial charge < -0.3 is 9.57 Å². The zero-order valence-electron chi connectivity index (χ0n) is 12.6. The first-order valence-electron chi connectivity index (χ1n) is 7.59. The maximum Gasteiger partial charge on any atom is 0.235 e.